The maximum Gasteiger partial charge on any atom is 0.229 e. The Morgan fingerprint density at radius 1 is 1.21 bits per heavy atom. The van der Waals surface area contributed by atoms with Crippen molar-refractivity contribution in [1.29, 1.82) is 0 Å². The number of carbonyl (C=O) groups excluding carboxylic acids is 1. The van der Waals surface area contributed by atoms with E-state index in [4.69, 9.17) is 16.3 Å². The van der Waals surface area contributed by atoms with Crippen molar-refractivity contribution in [2.45, 2.75) is 0 Å². The van der Waals surface area contributed by atoms with Crippen LogP contribution in [0.25, 0.3) is 0 Å². The Bertz CT molecular complexity index is 282. The molecule has 0 saturated carbocycles. The summed E-state index contributed by atoms with van der Waals surface area (Å²) in [5.74, 6) is 0.572. The topological polar surface area (TPSA) is 120 Å². The molecule has 0 radical (unpaired) electrons. The van der Waals surface area contributed by atoms with E-state index in [9.17, 15) is 0 Å². The van der Waals surface area contributed by atoms with Crippen LogP contribution in [-0.4, -0.2) is 28.3 Å². The highest BCUT2D eigenvalue weighted by Crippen LogP contribution is 2.02. The van der Waals surface area contributed by atoms with Gasteiger partial charge < -0.3 is 21.6 Å². The molecule has 76 valence electrons. The molecule has 1 aromatic rings. The first-order valence-corrected chi connectivity index (χ1v) is 3.63. The molecule has 0 unspecified atom stereocenters. The van der Waals surface area contributed by atoms with Gasteiger partial charge in [-0.1, -0.05) is 6.08 Å². The third-order valence-electron chi connectivity index (χ3n) is 1.07. The summed E-state index contributed by atoms with van der Waals surface area (Å²) in [4.78, 5) is 19.2. The van der Waals surface area contributed by atoms with E-state index in [1.54, 1.807) is 6.08 Å². The number of aromatic nitrogens is 3. The van der Waals surface area contributed by atoms with E-state index < -0.39 is 0 Å². The molecule has 0 aliphatic carbocycles. The van der Waals surface area contributed by atoms with Crippen LogP contribution in [0.2, 0.25) is 0 Å². The van der Waals surface area contributed by atoms with E-state index >= 15 is 0 Å². The van der Waals surface area contributed by atoms with Crippen molar-refractivity contribution in [2.24, 2.45) is 0 Å². The summed E-state index contributed by atoms with van der Waals surface area (Å²) in [5, 5.41) is 2.84. The average molecular weight is 196 g/mol. The molecule has 0 atom stereocenters. The fraction of sp³-hybridized carbons (Fsp3) is 0.143. The number of nitrogens with one attached hydrogen (secondary N) is 1. The fourth-order valence-electron chi connectivity index (χ4n) is 0.652. The van der Waals surface area contributed by atoms with Crippen molar-refractivity contribution in [2.75, 3.05) is 23.3 Å². The molecule has 5 N–H and O–H groups in total. The van der Waals surface area contributed by atoms with E-state index in [0.717, 1.165) is 0 Å². The van der Waals surface area contributed by atoms with Gasteiger partial charge in [0, 0.05) is 6.54 Å². The number of nitrogens with zero attached hydrogens (tertiary/aromatic N) is 3. The SMILES string of the molecule is C=CCNc1nc(N)nc(N)n1.C=O. The van der Waals surface area contributed by atoms with Gasteiger partial charge in [0.05, 0.1) is 0 Å². The van der Waals surface area contributed by atoms with Crippen LogP contribution in [0.15, 0.2) is 12.7 Å². The number of anilines is 3. The molecule has 7 nitrogen and oxygen atoms in total. The number of hydrogen-bond donors (Lipinski definition) is 3. The molecular formula is C7H12N6O. The molecule has 0 spiro atoms. The number of rotatable bonds is 3. The minimum Gasteiger partial charge on any atom is -0.368 e. The Balaban J connectivity index is 0.000000791. The van der Waals surface area contributed by atoms with E-state index in [-0.39, 0.29) is 11.9 Å². The second-order valence-electron chi connectivity index (χ2n) is 2.04. The third kappa shape index (κ3) is 4.00. The molecule has 0 aliphatic rings. The van der Waals surface area contributed by atoms with E-state index in [1.807, 2.05) is 6.79 Å². The van der Waals surface area contributed by atoms with Gasteiger partial charge in [-0.25, -0.2) is 0 Å². The molecule has 0 fully saturated rings. The van der Waals surface area contributed by atoms with Gasteiger partial charge in [0.25, 0.3) is 0 Å². The highest BCUT2D eigenvalue weighted by Gasteiger charge is 1.98. The molecule has 1 aromatic heterocycles. The zero-order valence-corrected chi connectivity index (χ0v) is 7.60. The number of hydrogen-bond acceptors (Lipinski definition) is 7. The minimum absolute atomic E-state index is 0.106. The van der Waals surface area contributed by atoms with Crippen molar-refractivity contribution in [3.8, 4) is 0 Å². The summed E-state index contributed by atoms with van der Waals surface area (Å²) in [5.41, 5.74) is 10.6. The van der Waals surface area contributed by atoms with E-state index in [1.165, 1.54) is 0 Å². The van der Waals surface area contributed by atoms with Gasteiger partial charge in [0.1, 0.15) is 6.79 Å². The van der Waals surface area contributed by atoms with Crippen molar-refractivity contribution in [3.63, 3.8) is 0 Å². The lowest BCUT2D eigenvalue weighted by Crippen LogP contribution is -2.08. The molecule has 0 amide bonds. The van der Waals surface area contributed by atoms with Gasteiger partial charge in [-0.3, -0.25) is 0 Å². The van der Waals surface area contributed by atoms with Crippen LogP contribution in [0, 0.1) is 0 Å². The molecule has 14 heavy (non-hydrogen) atoms. The highest BCUT2D eigenvalue weighted by molar-refractivity contribution is 5.37. The highest BCUT2D eigenvalue weighted by atomic mass is 16.1. The Kier molecular flexibility index (Phi) is 5.36. The Morgan fingerprint density at radius 2 is 1.71 bits per heavy atom. The lowest BCUT2D eigenvalue weighted by atomic mass is 10.6. The lowest BCUT2D eigenvalue weighted by molar-refractivity contribution is -0.0979. The first kappa shape index (κ1) is 11.8. The number of nitrogen functional groups attached to an aromatic ring is 2. The lowest BCUT2D eigenvalue weighted by Gasteiger charge is -2.01. The Morgan fingerprint density at radius 3 is 2.14 bits per heavy atom. The summed E-state index contributed by atoms with van der Waals surface area (Å²) in [6.07, 6.45) is 1.68. The first-order chi connectivity index (χ1) is 6.72. The first-order valence-electron chi connectivity index (χ1n) is 3.63. The van der Waals surface area contributed by atoms with Gasteiger partial charge in [0.15, 0.2) is 0 Å². The molecule has 1 rings (SSSR count). The second-order valence-corrected chi connectivity index (χ2v) is 2.04. The fourth-order valence-corrected chi connectivity index (χ4v) is 0.652. The van der Waals surface area contributed by atoms with Crippen LogP contribution in [0.4, 0.5) is 17.8 Å². The van der Waals surface area contributed by atoms with Crippen LogP contribution in [0.5, 0.6) is 0 Å². The second kappa shape index (κ2) is 6.35. The minimum atomic E-state index is 0.106. The maximum absolute atomic E-state index is 8.00. The summed E-state index contributed by atoms with van der Waals surface area (Å²) in [6.45, 7) is 6.08. The summed E-state index contributed by atoms with van der Waals surface area (Å²) < 4.78 is 0. The molecule has 7 heteroatoms. The van der Waals surface area contributed by atoms with E-state index in [0.29, 0.717) is 12.5 Å². The van der Waals surface area contributed by atoms with Crippen molar-refractivity contribution in [3.05, 3.63) is 12.7 Å². The van der Waals surface area contributed by atoms with Crippen molar-refractivity contribution >= 4 is 24.6 Å². The van der Waals surface area contributed by atoms with Crippen molar-refractivity contribution < 1.29 is 4.79 Å². The number of nitrogens with two attached hydrogens (primary N) is 2. The van der Waals surface area contributed by atoms with Gasteiger partial charge >= 0.3 is 0 Å². The number of carbonyl (C=O) groups is 1. The normalized spacial score (nSPS) is 8.29. The predicted molar refractivity (Wildman–Crippen MR) is 54.5 cm³/mol. The Hall–Kier alpha value is -2.18. The predicted octanol–water partition coefficient (Wildman–Crippen LogP) is -0.551. The standard InChI is InChI=1S/C6H10N6.CH2O/c1-2-3-9-6-11-4(7)10-5(8)12-6;1-2/h2H,1,3H2,(H5,7,8,9,10,11,12);1H2. The van der Waals surface area contributed by atoms with Crippen molar-refractivity contribution in [1.82, 2.24) is 15.0 Å². The Labute approximate surface area is 81.3 Å². The zero-order valence-electron chi connectivity index (χ0n) is 7.60. The van der Waals surface area contributed by atoms with Crippen LogP contribution >= 0.6 is 0 Å². The molecular weight excluding hydrogens is 184 g/mol. The van der Waals surface area contributed by atoms with Crippen LogP contribution < -0.4 is 16.8 Å². The molecule has 0 bridgehead atoms. The summed E-state index contributed by atoms with van der Waals surface area (Å²) in [6, 6.07) is 0. The molecule has 0 saturated heterocycles. The van der Waals surface area contributed by atoms with Gasteiger partial charge in [-0.15, -0.1) is 6.58 Å². The van der Waals surface area contributed by atoms with Gasteiger partial charge in [-0.2, -0.15) is 15.0 Å². The van der Waals surface area contributed by atoms with Crippen LogP contribution in [0.1, 0.15) is 0 Å². The van der Waals surface area contributed by atoms with E-state index in [2.05, 4.69) is 26.8 Å². The molecule has 1 heterocycles. The summed E-state index contributed by atoms with van der Waals surface area (Å²) in [7, 11) is 0. The third-order valence-corrected chi connectivity index (χ3v) is 1.07. The smallest absolute Gasteiger partial charge is 0.229 e. The van der Waals surface area contributed by atoms with Gasteiger partial charge in [-0.05, 0) is 0 Å². The zero-order chi connectivity index (χ0) is 11.0. The largest absolute Gasteiger partial charge is 0.368 e. The van der Waals surface area contributed by atoms with Crippen LogP contribution in [-0.2, 0) is 4.79 Å². The average Bonchev–Trinajstić information content (AvgIpc) is 2.16. The molecule has 0 aromatic carbocycles. The summed E-state index contributed by atoms with van der Waals surface area (Å²) >= 11 is 0. The van der Waals surface area contributed by atoms with Crippen LogP contribution in [0.3, 0.4) is 0 Å². The molecule has 0 aliphatic heterocycles. The van der Waals surface area contributed by atoms with Gasteiger partial charge in [0.2, 0.25) is 17.8 Å². The maximum atomic E-state index is 8.00. The monoisotopic (exact) mass is 196 g/mol. The quantitative estimate of drug-likeness (QED) is 0.554.